The van der Waals surface area contributed by atoms with E-state index in [1.807, 2.05) is 0 Å². The fourth-order valence-electron chi connectivity index (χ4n) is 2.13. The zero-order chi connectivity index (χ0) is 19.3. The van der Waals surface area contributed by atoms with Crippen LogP contribution in [-0.2, 0) is 26.0 Å². The first-order chi connectivity index (χ1) is 12.3. The van der Waals surface area contributed by atoms with Crippen LogP contribution in [0.3, 0.4) is 0 Å². The van der Waals surface area contributed by atoms with Crippen molar-refractivity contribution < 1.29 is 27.6 Å². The van der Waals surface area contributed by atoms with Crippen molar-refractivity contribution in [1.29, 1.82) is 0 Å². The third-order valence-corrected chi connectivity index (χ3v) is 4.86. The summed E-state index contributed by atoms with van der Waals surface area (Å²) in [6.45, 7) is 0. The molecule has 0 aliphatic heterocycles. The van der Waals surface area contributed by atoms with E-state index in [1.54, 1.807) is 12.1 Å². The lowest BCUT2D eigenvalue weighted by Gasteiger charge is -2.10. The topological polar surface area (TPSA) is 125 Å². The van der Waals surface area contributed by atoms with Gasteiger partial charge in [0.25, 0.3) is 15.7 Å². The number of sulfonamides is 1. The Morgan fingerprint density at radius 1 is 1.15 bits per heavy atom. The number of hydrogen-bond acceptors (Lipinski definition) is 7. The summed E-state index contributed by atoms with van der Waals surface area (Å²) in [5.41, 5.74) is 0.234. The number of nitro groups is 1. The fourth-order valence-corrected chi connectivity index (χ4v) is 3.35. The maximum atomic E-state index is 12.5. The normalized spacial score (nSPS) is 10.8. The Balaban J connectivity index is 2.29. The van der Waals surface area contributed by atoms with E-state index in [4.69, 9.17) is 4.74 Å². The summed E-state index contributed by atoms with van der Waals surface area (Å²) < 4.78 is 36.7. The van der Waals surface area contributed by atoms with E-state index in [2.05, 4.69) is 9.46 Å². The van der Waals surface area contributed by atoms with Gasteiger partial charge < -0.3 is 9.47 Å². The molecule has 9 nitrogen and oxygen atoms in total. The van der Waals surface area contributed by atoms with Gasteiger partial charge in [0.15, 0.2) is 4.90 Å². The number of methoxy groups -OCH3 is 2. The molecular formula is C16H16N2O7S. The summed E-state index contributed by atoms with van der Waals surface area (Å²) in [7, 11) is -1.60. The molecular weight excluding hydrogens is 364 g/mol. The van der Waals surface area contributed by atoms with Crippen LogP contribution in [0.2, 0.25) is 0 Å². The molecule has 0 saturated carbocycles. The van der Waals surface area contributed by atoms with Gasteiger partial charge in [0.05, 0.1) is 31.6 Å². The SMILES string of the molecule is COC(=O)Cc1ccc(NS(=O)(=O)c2ccc(OC)cc2[N+](=O)[O-])cc1. The third kappa shape index (κ3) is 4.48. The average molecular weight is 380 g/mol. The number of ether oxygens (including phenoxy) is 2. The predicted molar refractivity (Wildman–Crippen MR) is 92.6 cm³/mol. The van der Waals surface area contributed by atoms with Gasteiger partial charge >= 0.3 is 5.97 Å². The van der Waals surface area contributed by atoms with E-state index in [0.29, 0.717) is 5.56 Å². The van der Waals surface area contributed by atoms with Crippen molar-refractivity contribution in [2.45, 2.75) is 11.3 Å². The Bertz CT molecular complexity index is 924. The first-order valence-corrected chi connectivity index (χ1v) is 8.76. The molecule has 10 heteroatoms. The molecule has 1 N–H and O–H groups in total. The highest BCUT2D eigenvalue weighted by atomic mass is 32.2. The van der Waals surface area contributed by atoms with Crippen molar-refractivity contribution in [2.24, 2.45) is 0 Å². The van der Waals surface area contributed by atoms with Crippen molar-refractivity contribution in [3.05, 3.63) is 58.1 Å². The molecule has 0 heterocycles. The van der Waals surface area contributed by atoms with E-state index in [9.17, 15) is 23.3 Å². The van der Waals surface area contributed by atoms with Gasteiger partial charge in [-0.15, -0.1) is 0 Å². The summed E-state index contributed by atoms with van der Waals surface area (Å²) >= 11 is 0. The number of carbonyl (C=O) groups is 1. The molecule has 26 heavy (non-hydrogen) atoms. The van der Waals surface area contributed by atoms with Crippen LogP contribution in [0.4, 0.5) is 11.4 Å². The molecule has 0 bridgehead atoms. The van der Waals surface area contributed by atoms with Gasteiger partial charge in [0.2, 0.25) is 0 Å². The molecule has 0 aliphatic carbocycles. The first kappa shape index (κ1) is 19.2. The molecule has 2 aromatic carbocycles. The molecule has 0 unspecified atom stereocenters. The molecule has 2 rings (SSSR count). The van der Waals surface area contributed by atoms with Crippen molar-refractivity contribution in [3.63, 3.8) is 0 Å². The predicted octanol–water partition coefficient (Wildman–Crippen LogP) is 2.12. The summed E-state index contributed by atoms with van der Waals surface area (Å²) in [5, 5.41) is 11.2. The molecule has 138 valence electrons. The van der Waals surface area contributed by atoms with E-state index < -0.39 is 31.5 Å². The lowest BCUT2D eigenvalue weighted by molar-refractivity contribution is -0.387. The van der Waals surface area contributed by atoms with E-state index in [0.717, 1.165) is 12.1 Å². The quantitative estimate of drug-likeness (QED) is 0.443. The molecule has 0 atom stereocenters. The number of nitrogens with one attached hydrogen (secondary N) is 1. The van der Waals surface area contributed by atoms with Crippen LogP contribution < -0.4 is 9.46 Å². The first-order valence-electron chi connectivity index (χ1n) is 7.28. The van der Waals surface area contributed by atoms with Crippen molar-refractivity contribution in [1.82, 2.24) is 0 Å². The standard InChI is InChI=1S/C16H16N2O7S/c1-24-13-7-8-15(14(10-13)18(20)21)26(22,23)17-12-5-3-11(4-6-12)9-16(19)25-2/h3-8,10,17H,9H2,1-2H3. The second-order valence-electron chi connectivity index (χ2n) is 5.15. The van der Waals surface area contributed by atoms with Gasteiger partial charge in [-0.3, -0.25) is 19.6 Å². The van der Waals surface area contributed by atoms with Crippen LogP contribution in [0.25, 0.3) is 0 Å². The van der Waals surface area contributed by atoms with Crippen molar-refractivity contribution in [3.8, 4) is 5.75 Å². The number of carbonyl (C=O) groups excluding carboxylic acids is 1. The number of hydrogen-bond donors (Lipinski definition) is 1. The molecule has 0 spiro atoms. The number of rotatable bonds is 7. The van der Waals surface area contributed by atoms with Crippen LogP contribution in [-0.4, -0.2) is 33.5 Å². The molecule has 0 aromatic heterocycles. The smallest absolute Gasteiger partial charge is 0.309 e. The van der Waals surface area contributed by atoms with Crippen LogP contribution in [0.5, 0.6) is 5.75 Å². The van der Waals surface area contributed by atoms with E-state index >= 15 is 0 Å². The second-order valence-corrected chi connectivity index (χ2v) is 6.80. The summed E-state index contributed by atoms with van der Waals surface area (Å²) in [5.74, 6) is -0.255. The van der Waals surface area contributed by atoms with Gasteiger partial charge in [-0.25, -0.2) is 8.42 Å². The van der Waals surface area contributed by atoms with Crippen molar-refractivity contribution in [2.75, 3.05) is 18.9 Å². The Morgan fingerprint density at radius 2 is 1.81 bits per heavy atom. The monoisotopic (exact) mass is 380 g/mol. The minimum absolute atomic E-state index is 0.0491. The van der Waals surface area contributed by atoms with Gasteiger partial charge in [-0.05, 0) is 29.8 Å². The minimum Gasteiger partial charge on any atom is -0.497 e. The Labute approximate surface area is 149 Å². The Morgan fingerprint density at radius 3 is 2.35 bits per heavy atom. The number of nitrogens with zero attached hydrogens (tertiary/aromatic N) is 1. The number of nitro benzene ring substituents is 1. The molecule has 0 aliphatic rings. The van der Waals surface area contributed by atoms with Gasteiger partial charge in [-0.1, -0.05) is 12.1 Å². The Hall–Kier alpha value is -3.14. The lowest BCUT2D eigenvalue weighted by atomic mass is 10.1. The summed E-state index contributed by atoms with van der Waals surface area (Å²) in [6.07, 6.45) is 0.0491. The van der Waals surface area contributed by atoms with Crippen LogP contribution in [0, 0.1) is 10.1 Å². The maximum absolute atomic E-state index is 12.5. The molecule has 2 aromatic rings. The average Bonchev–Trinajstić information content (AvgIpc) is 2.62. The van der Waals surface area contributed by atoms with E-state index in [1.165, 1.54) is 32.4 Å². The fraction of sp³-hybridized carbons (Fsp3) is 0.188. The third-order valence-electron chi connectivity index (χ3n) is 3.43. The number of esters is 1. The highest BCUT2D eigenvalue weighted by Gasteiger charge is 2.26. The van der Waals surface area contributed by atoms with Gasteiger partial charge in [0.1, 0.15) is 5.75 Å². The molecule has 0 fully saturated rings. The zero-order valence-electron chi connectivity index (χ0n) is 14.0. The van der Waals surface area contributed by atoms with Crippen molar-refractivity contribution >= 4 is 27.4 Å². The zero-order valence-corrected chi connectivity index (χ0v) is 14.8. The molecule has 0 radical (unpaired) electrons. The molecule has 0 amide bonds. The van der Waals surface area contributed by atoms with Crippen LogP contribution in [0.1, 0.15) is 5.56 Å². The molecule has 0 saturated heterocycles. The maximum Gasteiger partial charge on any atom is 0.309 e. The minimum atomic E-state index is -4.19. The highest BCUT2D eigenvalue weighted by Crippen LogP contribution is 2.29. The highest BCUT2D eigenvalue weighted by molar-refractivity contribution is 7.92. The van der Waals surface area contributed by atoms with Gasteiger partial charge in [0, 0.05) is 5.69 Å². The van der Waals surface area contributed by atoms with Crippen LogP contribution in [0.15, 0.2) is 47.4 Å². The largest absolute Gasteiger partial charge is 0.497 e. The van der Waals surface area contributed by atoms with Gasteiger partial charge in [-0.2, -0.15) is 0 Å². The van der Waals surface area contributed by atoms with Crippen LogP contribution >= 0.6 is 0 Å². The Kier molecular flexibility index (Phi) is 5.78. The number of anilines is 1. The number of benzene rings is 2. The summed E-state index contributed by atoms with van der Waals surface area (Å²) in [6, 6.07) is 9.46. The van der Waals surface area contributed by atoms with E-state index in [-0.39, 0.29) is 17.9 Å². The lowest BCUT2D eigenvalue weighted by Crippen LogP contribution is -2.15. The second kappa shape index (κ2) is 7.83. The summed E-state index contributed by atoms with van der Waals surface area (Å²) in [4.78, 5) is 21.1.